The Morgan fingerprint density at radius 2 is 1.91 bits per heavy atom. The smallest absolute Gasteiger partial charge is 0.349 e. The lowest BCUT2D eigenvalue weighted by atomic mass is 9.64. The molecule has 0 bridgehead atoms. The highest BCUT2D eigenvalue weighted by Gasteiger charge is 2.42. The number of ether oxygens (including phenoxy) is 1. The average molecular weight is 321 g/mol. The van der Waals surface area contributed by atoms with E-state index in [-0.39, 0.29) is 22.5 Å². The maximum atomic E-state index is 11.9. The quantitative estimate of drug-likeness (QED) is 0.572. The molecular weight excluding hydrogens is 296 g/mol. The van der Waals surface area contributed by atoms with E-state index in [0.717, 1.165) is 19.3 Å². The van der Waals surface area contributed by atoms with E-state index in [2.05, 4.69) is 51.6 Å². The Morgan fingerprint density at radius 3 is 2.50 bits per heavy atom. The summed E-state index contributed by atoms with van der Waals surface area (Å²) in [6.45, 7) is 10.2. The fraction of sp³-hybridized carbons (Fsp3) is 0.526. The third-order valence-corrected chi connectivity index (χ3v) is 5.13. The van der Waals surface area contributed by atoms with E-state index in [4.69, 9.17) is 16.3 Å². The van der Waals surface area contributed by atoms with E-state index >= 15 is 0 Å². The number of rotatable bonds is 4. The maximum absolute atomic E-state index is 11.9. The number of carbonyl (C=O) groups is 1. The largest absolute Gasteiger partial charge is 0.458 e. The predicted octanol–water partition coefficient (Wildman–Crippen LogP) is 5.06. The number of esters is 1. The van der Waals surface area contributed by atoms with Gasteiger partial charge in [0.25, 0.3) is 0 Å². The first-order chi connectivity index (χ1) is 10.3. The Morgan fingerprint density at radius 1 is 1.27 bits per heavy atom. The second-order valence-corrected chi connectivity index (χ2v) is 7.42. The molecule has 0 radical (unpaired) electrons. The monoisotopic (exact) mass is 320 g/mol. The highest BCUT2D eigenvalue weighted by Crippen LogP contribution is 2.43. The third-order valence-electron chi connectivity index (χ3n) is 4.98. The van der Waals surface area contributed by atoms with Crippen molar-refractivity contribution < 1.29 is 9.53 Å². The first-order valence-electron chi connectivity index (χ1n) is 7.93. The molecule has 1 aromatic carbocycles. The van der Waals surface area contributed by atoms with Gasteiger partial charge in [-0.05, 0) is 29.7 Å². The van der Waals surface area contributed by atoms with Crippen LogP contribution in [0.25, 0.3) is 0 Å². The molecule has 0 aromatic heterocycles. The molecule has 1 aromatic rings. The molecule has 3 atom stereocenters. The molecule has 1 saturated carbocycles. The molecule has 0 saturated heterocycles. The van der Waals surface area contributed by atoms with Crippen molar-refractivity contribution in [1.82, 2.24) is 0 Å². The van der Waals surface area contributed by atoms with Crippen molar-refractivity contribution in [2.45, 2.75) is 51.6 Å². The zero-order chi connectivity index (χ0) is 16.3. The topological polar surface area (TPSA) is 26.3 Å². The fourth-order valence-corrected chi connectivity index (χ4v) is 3.61. The van der Waals surface area contributed by atoms with Crippen molar-refractivity contribution in [1.29, 1.82) is 0 Å². The molecule has 0 aliphatic heterocycles. The van der Waals surface area contributed by atoms with E-state index in [0.29, 0.717) is 5.92 Å². The molecule has 2 rings (SSSR count). The lowest BCUT2D eigenvalue weighted by Gasteiger charge is -2.43. The van der Waals surface area contributed by atoms with Crippen molar-refractivity contribution >= 4 is 17.6 Å². The van der Waals surface area contributed by atoms with Gasteiger partial charge in [0.1, 0.15) is 11.1 Å². The Kier molecular flexibility index (Phi) is 5.33. The minimum atomic E-state index is -0.491. The van der Waals surface area contributed by atoms with Gasteiger partial charge in [-0.2, -0.15) is 0 Å². The summed E-state index contributed by atoms with van der Waals surface area (Å²) in [6.07, 6.45) is 2.99. The van der Waals surface area contributed by atoms with Crippen LogP contribution in [0.5, 0.6) is 0 Å². The molecule has 3 heteroatoms. The fourth-order valence-electron chi connectivity index (χ4n) is 3.57. The SMILES string of the molecule is C=C(Cl)C(=O)O[C@@H]1C[C@H](C)CC[C@H]1C(C)(C)c1ccccc1. The van der Waals surface area contributed by atoms with Crippen LogP contribution in [-0.2, 0) is 14.9 Å². The maximum Gasteiger partial charge on any atom is 0.349 e. The van der Waals surface area contributed by atoms with Crippen LogP contribution in [-0.4, -0.2) is 12.1 Å². The van der Waals surface area contributed by atoms with Crippen LogP contribution < -0.4 is 0 Å². The predicted molar refractivity (Wildman–Crippen MR) is 90.8 cm³/mol. The highest BCUT2D eigenvalue weighted by molar-refractivity contribution is 6.40. The van der Waals surface area contributed by atoms with Crippen LogP contribution in [0, 0.1) is 11.8 Å². The van der Waals surface area contributed by atoms with E-state index < -0.39 is 5.97 Å². The molecule has 2 nitrogen and oxygen atoms in total. The van der Waals surface area contributed by atoms with Gasteiger partial charge >= 0.3 is 5.97 Å². The van der Waals surface area contributed by atoms with Gasteiger partial charge in [-0.15, -0.1) is 0 Å². The summed E-state index contributed by atoms with van der Waals surface area (Å²) < 4.78 is 5.67. The van der Waals surface area contributed by atoms with Crippen LogP contribution in [0.4, 0.5) is 0 Å². The summed E-state index contributed by atoms with van der Waals surface area (Å²) in [4.78, 5) is 11.9. The van der Waals surface area contributed by atoms with Crippen molar-refractivity contribution in [2.75, 3.05) is 0 Å². The van der Waals surface area contributed by atoms with Gasteiger partial charge in [-0.25, -0.2) is 4.79 Å². The Balaban J connectivity index is 2.25. The van der Waals surface area contributed by atoms with Gasteiger partial charge < -0.3 is 4.74 Å². The van der Waals surface area contributed by atoms with Crippen LogP contribution in [0.1, 0.15) is 45.6 Å². The minimum absolute atomic E-state index is 0.0468. The van der Waals surface area contributed by atoms with Crippen molar-refractivity contribution in [3.63, 3.8) is 0 Å². The number of carbonyl (C=O) groups excluding carboxylic acids is 1. The molecule has 22 heavy (non-hydrogen) atoms. The van der Waals surface area contributed by atoms with E-state index in [1.54, 1.807) is 0 Å². The van der Waals surface area contributed by atoms with Crippen LogP contribution in [0.15, 0.2) is 41.9 Å². The molecule has 120 valence electrons. The van der Waals surface area contributed by atoms with Crippen molar-refractivity contribution in [2.24, 2.45) is 11.8 Å². The summed E-state index contributed by atoms with van der Waals surface area (Å²) in [6, 6.07) is 10.4. The van der Waals surface area contributed by atoms with Crippen molar-refractivity contribution in [3.8, 4) is 0 Å². The molecule has 0 N–H and O–H groups in total. The van der Waals surface area contributed by atoms with E-state index in [1.807, 2.05) is 6.07 Å². The first-order valence-corrected chi connectivity index (χ1v) is 8.31. The number of halogens is 1. The minimum Gasteiger partial charge on any atom is -0.458 e. The number of hydrogen-bond acceptors (Lipinski definition) is 2. The lowest BCUT2D eigenvalue weighted by Crippen LogP contribution is -2.43. The van der Waals surface area contributed by atoms with Gasteiger partial charge in [0, 0.05) is 5.92 Å². The number of hydrogen-bond donors (Lipinski definition) is 0. The van der Waals surface area contributed by atoms with Gasteiger partial charge in [-0.1, -0.05) is 75.7 Å². The summed E-state index contributed by atoms with van der Waals surface area (Å²) in [5.74, 6) is 0.352. The third kappa shape index (κ3) is 3.73. The zero-order valence-corrected chi connectivity index (χ0v) is 14.4. The van der Waals surface area contributed by atoms with Gasteiger partial charge in [0.15, 0.2) is 0 Å². The standard InChI is InChI=1S/C19H25ClO2/c1-13-10-11-16(17(12-13)22-18(21)14(2)20)19(3,4)15-8-6-5-7-9-15/h5-9,13,16-17H,2,10-12H2,1,3-4H3/t13-,16-,17-/m1/s1. The second-order valence-electron chi connectivity index (χ2n) is 6.96. The molecule has 0 amide bonds. The zero-order valence-electron chi connectivity index (χ0n) is 13.6. The summed E-state index contributed by atoms with van der Waals surface area (Å²) in [7, 11) is 0. The van der Waals surface area contributed by atoms with Crippen LogP contribution in [0.3, 0.4) is 0 Å². The average Bonchev–Trinajstić information content (AvgIpc) is 2.47. The van der Waals surface area contributed by atoms with Gasteiger partial charge in [-0.3, -0.25) is 0 Å². The molecule has 1 aliphatic rings. The normalized spacial score (nSPS) is 25.5. The second kappa shape index (κ2) is 6.87. The van der Waals surface area contributed by atoms with Crippen LogP contribution in [0.2, 0.25) is 0 Å². The van der Waals surface area contributed by atoms with E-state index in [9.17, 15) is 4.79 Å². The van der Waals surface area contributed by atoms with Gasteiger partial charge in [0.05, 0.1) is 0 Å². The summed E-state index contributed by atoms with van der Waals surface area (Å²) in [5.41, 5.74) is 1.22. The molecular formula is C19H25ClO2. The van der Waals surface area contributed by atoms with E-state index in [1.165, 1.54) is 5.56 Å². The Bertz CT molecular complexity index is 536. The molecule has 1 fully saturated rings. The molecule has 0 heterocycles. The Labute approximate surface area is 138 Å². The Hall–Kier alpha value is -1.28. The molecule has 0 spiro atoms. The highest BCUT2D eigenvalue weighted by atomic mass is 35.5. The first kappa shape index (κ1) is 17.1. The molecule has 1 aliphatic carbocycles. The summed E-state index contributed by atoms with van der Waals surface area (Å²) >= 11 is 5.69. The van der Waals surface area contributed by atoms with Crippen molar-refractivity contribution in [3.05, 3.63) is 47.5 Å². The number of benzene rings is 1. The molecule has 0 unspecified atom stereocenters. The van der Waals surface area contributed by atoms with Crippen LogP contribution >= 0.6 is 11.6 Å². The van der Waals surface area contributed by atoms with Gasteiger partial charge in [0.2, 0.25) is 0 Å². The lowest BCUT2D eigenvalue weighted by molar-refractivity contribution is -0.150. The summed E-state index contributed by atoms with van der Waals surface area (Å²) in [5, 5.41) is -0.0468.